The van der Waals surface area contributed by atoms with Crippen molar-refractivity contribution >= 4 is 41.3 Å². The maximum atomic E-state index is 11.9. The van der Waals surface area contributed by atoms with Crippen molar-refractivity contribution in [2.75, 3.05) is 24.3 Å². The average molecular weight is 368 g/mol. The van der Waals surface area contributed by atoms with E-state index >= 15 is 0 Å². The molecule has 0 fully saturated rings. The molecule has 1 N–H and O–H groups in total. The van der Waals surface area contributed by atoms with Gasteiger partial charge in [-0.15, -0.1) is 24.0 Å². The molecule has 0 aromatic heterocycles. The van der Waals surface area contributed by atoms with Crippen LogP contribution in [-0.2, 0) is 0 Å². The third-order valence-electron chi connectivity index (χ3n) is 2.68. The summed E-state index contributed by atoms with van der Waals surface area (Å²) in [5.41, 5.74) is 2.57. The Labute approximate surface area is 130 Å². The van der Waals surface area contributed by atoms with E-state index in [1.54, 1.807) is 12.1 Å². The van der Waals surface area contributed by atoms with Crippen LogP contribution in [0.25, 0.3) is 0 Å². The molecule has 19 heavy (non-hydrogen) atoms. The van der Waals surface area contributed by atoms with Crippen molar-refractivity contribution in [1.29, 1.82) is 0 Å². The molecule has 0 unspecified atom stereocenters. The van der Waals surface area contributed by atoms with Gasteiger partial charge in [0.2, 0.25) is 0 Å². The highest BCUT2D eigenvalue weighted by Gasteiger charge is 2.04. The van der Waals surface area contributed by atoms with Crippen molar-refractivity contribution in [3.63, 3.8) is 0 Å². The minimum atomic E-state index is -0.0896. The van der Waals surface area contributed by atoms with Gasteiger partial charge >= 0.3 is 0 Å². The number of carbonyl (C=O) groups is 1. The second-order valence-electron chi connectivity index (χ2n) is 4.26. The molecule has 0 saturated carbocycles. The van der Waals surface area contributed by atoms with E-state index in [2.05, 4.69) is 5.32 Å². The molecular formula is C15H17IN2O. The van der Waals surface area contributed by atoms with Crippen LogP contribution in [0.3, 0.4) is 0 Å². The highest BCUT2D eigenvalue weighted by Crippen LogP contribution is 2.16. The third kappa shape index (κ3) is 4.24. The Morgan fingerprint density at radius 1 is 0.947 bits per heavy atom. The van der Waals surface area contributed by atoms with Crippen LogP contribution in [0.4, 0.5) is 11.4 Å². The van der Waals surface area contributed by atoms with E-state index in [0.29, 0.717) is 5.56 Å². The number of carbonyl (C=O) groups excluding carboxylic acids is 1. The van der Waals surface area contributed by atoms with Crippen LogP contribution in [0.15, 0.2) is 54.6 Å². The second-order valence-corrected chi connectivity index (χ2v) is 4.26. The van der Waals surface area contributed by atoms with Gasteiger partial charge in [0.05, 0.1) is 0 Å². The Hall–Kier alpha value is -1.56. The Morgan fingerprint density at radius 2 is 1.53 bits per heavy atom. The summed E-state index contributed by atoms with van der Waals surface area (Å²) in [6.07, 6.45) is 0. The molecule has 0 saturated heterocycles. The summed E-state index contributed by atoms with van der Waals surface area (Å²) in [4.78, 5) is 13.9. The van der Waals surface area contributed by atoms with Crippen LogP contribution in [0.5, 0.6) is 0 Å². The summed E-state index contributed by atoms with van der Waals surface area (Å²) in [6.45, 7) is 0. The van der Waals surface area contributed by atoms with Gasteiger partial charge in [-0.05, 0) is 36.4 Å². The fourth-order valence-corrected chi connectivity index (χ4v) is 1.64. The van der Waals surface area contributed by atoms with E-state index in [-0.39, 0.29) is 29.9 Å². The Kier molecular flexibility index (Phi) is 5.82. The lowest BCUT2D eigenvalue weighted by Crippen LogP contribution is -2.12. The van der Waals surface area contributed by atoms with E-state index in [1.165, 1.54) is 0 Å². The molecule has 4 heteroatoms. The van der Waals surface area contributed by atoms with Crippen molar-refractivity contribution in [2.45, 2.75) is 0 Å². The van der Waals surface area contributed by atoms with Crippen LogP contribution in [-0.4, -0.2) is 20.0 Å². The molecule has 2 aromatic rings. The molecule has 1 amide bonds. The van der Waals surface area contributed by atoms with E-state index in [4.69, 9.17) is 0 Å². The summed E-state index contributed by atoms with van der Waals surface area (Å²) in [6, 6.07) is 16.9. The largest absolute Gasteiger partial charge is 0.378 e. The normalized spacial score (nSPS) is 9.37. The van der Waals surface area contributed by atoms with Gasteiger partial charge in [0.25, 0.3) is 5.91 Å². The van der Waals surface area contributed by atoms with Gasteiger partial charge in [-0.25, -0.2) is 0 Å². The first-order valence-electron chi connectivity index (χ1n) is 5.80. The van der Waals surface area contributed by atoms with Crippen LogP contribution in [0, 0.1) is 0 Å². The summed E-state index contributed by atoms with van der Waals surface area (Å²) >= 11 is 0. The van der Waals surface area contributed by atoms with Crippen LogP contribution < -0.4 is 10.2 Å². The molecule has 0 aliphatic carbocycles. The summed E-state index contributed by atoms with van der Waals surface area (Å²) < 4.78 is 0. The topological polar surface area (TPSA) is 32.3 Å². The number of hydrogen-bond donors (Lipinski definition) is 1. The number of hydrogen-bond acceptors (Lipinski definition) is 2. The van der Waals surface area contributed by atoms with Gasteiger partial charge in [0.1, 0.15) is 0 Å². The first-order chi connectivity index (χ1) is 8.66. The smallest absolute Gasteiger partial charge is 0.255 e. The van der Waals surface area contributed by atoms with Crippen LogP contribution in [0.1, 0.15) is 10.4 Å². The van der Waals surface area contributed by atoms with Crippen molar-refractivity contribution in [3.05, 3.63) is 60.2 Å². The van der Waals surface area contributed by atoms with Gasteiger partial charge in [0, 0.05) is 31.0 Å². The monoisotopic (exact) mass is 368 g/mol. The maximum absolute atomic E-state index is 11.9. The quantitative estimate of drug-likeness (QED) is 0.840. The molecule has 2 rings (SSSR count). The lowest BCUT2D eigenvalue weighted by Gasteiger charge is -2.13. The lowest BCUT2D eigenvalue weighted by atomic mass is 10.2. The van der Waals surface area contributed by atoms with E-state index < -0.39 is 0 Å². The molecule has 0 bridgehead atoms. The Balaban J connectivity index is 0.00000180. The van der Waals surface area contributed by atoms with E-state index in [0.717, 1.165) is 11.4 Å². The number of nitrogens with one attached hydrogen (secondary N) is 1. The standard InChI is InChI=1S/C15H16N2O.HI/c1-17(2)14-10-8-13(9-11-14)16-15(18)12-6-4-3-5-7-12;/h3-11H,1-2H3,(H,16,18);1H. The van der Waals surface area contributed by atoms with Crippen LogP contribution >= 0.6 is 24.0 Å². The number of benzene rings is 2. The summed E-state index contributed by atoms with van der Waals surface area (Å²) in [5.74, 6) is -0.0896. The first kappa shape index (κ1) is 15.5. The molecule has 0 aliphatic rings. The van der Waals surface area contributed by atoms with Crippen LogP contribution in [0.2, 0.25) is 0 Å². The number of amides is 1. The van der Waals surface area contributed by atoms with Crippen molar-refractivity contribution < 1.29 is 4.79 Å². The highest BCUT2D eigenvalue weighted by atomic mass is 127. The molecule has 100 valence electrons. The fourth-order valence-electron chi connectivity index (χ4n) is 1.64. The SMILES string of the molecule is CN(C)c1ccc(NC(=O)c2ccccc2)cc1.I. The lowest BCUT2D eigenvalue weighted by molar-refractivity contribution is 0.102. The number of rotatable bonds is 3. The zero-order valence-electron chi connectivity index (χ0n) is 11.0. The maximum Gasteiger partial charge on any atom is 0.255 e. The molecule has 0 atom stereocenters. The number of nitrogens with zero attached hydrogens (tertiary/aromatic N) is 1. The molecule has 3 nitrogen and oxygen atoms in total. The van der Waals surface area contributed by atoms with Crippen molar-refractivity contribution in [3.8, 4) is 0 Å². The molecular weight excluding hydrogens is 351 g/mol. The third-order valence-corrected chi connectivity index (χ3v) is 2.68. The van der Waals surface area contributed by atoms with Gasteiger partial charge in [-0.1, -0.05) is 18.2 Å². The minimum Gasteiger partial charge on any atom is -0.378 e. The summed E-state index contributed by atoms with van der Waals surface area (Å²) in [7, 11) is 3.97. The molecule has 0 spiro atoms. The predicted octanol–water partition coefficient (Wildman–Crippen LogP) is 3.62. The average Bonchev–Trinajstić information content (AvgIpc) is 2.40. The van der Waals surface area contributed by atoms with Gasteiger partial charge in [-0.3, -0.25) is 4.79 Å². The van der Waals surface area contributed by atoms with Gasteiger partial charge in [-0.2, -0.15) is 0 Å². The Morgan fingerprint density at radius 3 is 2.05 bits per heavy atom. The molecule has 0 radical (unpaired) electrons. The molecule has 2 aromatic carbocycles. The van der Waals surface area contributed by atoms with E-state index in [9.17, 15) is 4.79 Å². The first-order valence-corrected chi connectivity index (χ1v) is 5.80. The minimum absolute atomic E-state index is 0. The van der Waals surface area contributed by atoms with Crippen molar-refractivity contribution in [2.24, 2.45) is 0 Å². The Bertz CT molecular complexity index is 524. The fraction of sp³-hybridized carbons (Fsp3) is 0.133. The van der Waals surface area contributed by atoms with Gasteiger partial charge in [0.15, 0.2) is 0 Å². The van der Waals surface area contributed by atoms with Crippen molar-refractivity contribution in [1.82, 2.24) is 0 Å². The number of halogens is 1. The second kappa shape index (κ2) is 7.13. The zero-order chi connectivity index (χ0) is 13.0. The predicted molar refractivity (Wildman–Crippen MR) is 90.6 cm³/mol. The molecule has 0 heterocycles. The van der Waals surface area contributed by atoms with Gasteiger partial charge < -0.3 is 10.2 Å². The van der Waals surface area contributed by atoms with E-state index in [1.807, 2.05) is 61.5 Å². The zero-order valence-corrected chi connectivity index (χ0v) is 13.3. The summed E-state index contributed by atoms with van der Waals surface area (Å²) in [5, 5.41) is 2.87. The molecule has 0 aliphatic heterocycles. The highest BCUT2D eigenvalue weighted by molar-refractivity contribution is 14.0. The number of anilines is 2.